The van der Waals surface area contributed by atoms with E-state index >= 15 is 0 Å². The van der Waals surface area contributed by atoms with E-state index in [0.29, 0.717) is 22.8 Å². The number of halogens is 1. The zero-order valence-corrected chi connectivity index (χ0v) is 21.1. The van der Waals surface area contributed by atoms with Crippen molar-refractivity contribution in [2.24, 2.45) is 5.10 Å². The van der Waals surface area contributed by atoms with Gasteiger partial charge >= 0.3 is 0 Å². The molecule has 2 heterocycles. The smallest absolute Gasteiger partial charge is 0.282 e. The van der Waals surface area contributed by atoms with Crippen molar-refractivity contribution in [3.8, 4) is 0 Å². The highest BCUT2D eigenvalue weighted by Crippen LogP contribution is 2.29. The summed E-state index contributed by atoms with van der Waals surface area (Å²) in [4.78, 5) is 18.3. The van der Waals surface area contributed by atoms with E-state index in [1.165, 1.54) is 10.2 Å². The minimum absolute atomic E-state index is 0.166. The molecule has 1 atom stereocenters. The van der Waals surface area contributed by atoms with E-state index in [2.05, 4.69) is 59.5 Å². The van der Waals surface area contributed by atoms with E-state index in [0.717, 1.165) is 27.5 Å². The molecule has 32 heavy (non-hydrogen) atoms. The molecule has 0 bridgehead atoms. The summed E-state index contributed by atoms with van der Waals surface area (Å²) in [6.07, 6.45) is 2.85. The van der Waals surface area contributed by atoms with Crippen LogP contribution in [0.2, 0.25) is 0 Å². The van der Waals surface area contributed by atoms with Gasteiger partial charge in [0.1, 0.15) is 5.82 Å². The summed E-state index contributed by atoms with van der Waals surface area (Å²) in [6.45, 7) is 12.7. The van der Waals surface area contributed by atoms with Crippen molar-refractivity contribution in [1.29, 1.82) is 0 Å². The molecule has 0 aliphatic rings. The van der Waals surface area contributed by atoms with Crippen molar-refractivity contribution in [2.75, 3.05) is 0 Å². The van der Waals surface area contributed by atoms with Crippen molar-refractivity contribution in [2.45, 2.75) is 59.4 Å². The molecule has 4 rings (SSSR count). The van der Waals surface area contributed by atoms with Gasteiger partial charge in [0.05, 0.1) is 17.1 Å². The van der Waals surface area contributed by atoms with Gasteiger partial charge in [0, 0.05) is 38.1 Å². The zero-order valence-electron chi connectivity index (χ0n) is 19.5. The average Bonchev–Trinajstić information content (AvgIpc) is 3.03. The number of rotatable bonds is 4. The highest BCUT2D eigenvalue weighted by atomic mass is 79.9. The number of aromatic nitrogens is 3. The monoisotopic (exact) mass is 492 g/mol. The highest BCUT2D eigenvalue weighted by Gasteiger charge is 2.23. The van der Waals surface area contributed by atoms with Gasteiger partial charge in [-0.25, -0.2) is 4.98 Å². The molecule has 5 nitrogen and oxygen atoms in total. The van der Waals surface area contributed by atoms with E-state index < -0.39 is 0 Å². The first-order chi connectivity index (χ1) is 15.1. The fourth-order valence-electron chi connectivity index (χ4n) is 4.19. The first-order valence-corrected chi connectivity index (χ1v) is 11.8. The van der Waals surface area contributed by atoms with Crippen LogP contribution in [-0.4, -0.2) is 20.4 Å². The average molecular weight is 493 g/mol. The molecule has 0 amide bonds. The Balaban J connectivity index is 1.97. The van der Waals surface area contributed by atoms with Crippen LogP contribution in [0.15, 0.2) is 56.8 Å². The van der Waals surface area contributed by atoms with Crippen LogP contribution in [0.3, 0.4) is 0 Å². The molecular weight excluding hydrogens is 464 g/mol. The molecule has 0 aliphatic carbocycles. The number of hydrogen-bond acceptors (Lipinski definition) is 3. The normalized spacial score (nSPS) is 13.5. The Morgan fingerprint density at radius 1 is 1.16 bits per heavy atom. The van der Waals surface area contributed by atoms with Crippen LogP contribution < -0.4 is 5.56 Å². The Morgan fingerprint density at radius 2 is 1.88 bits per heavy atom. The standard InChI is InChI=1S/C26H29BrN4O/c1-7-16(2)30-17(3)21(19-10-8-9-11-23(19)30)15-28-31-24(32)20-14-18(27)12-13-22(20)29-25(31)26(4,5)6/h8-16H,7H2,1-6H3/t16-/m1/s1. The molecule has 4 aromatic rings. The maximum absolute atomic E-state index is 13.5. The Hall–Kier alpha value is -2.73. The molecular formula is C26H29BrN4O. The Bertz CT molecular complexity index is 1410. The zero-order chi connectivity index (χ0) is 23.2. The molecule has 0 aliphatic heterocycles. The van der Waals surface area contributed by atoms with Crippen LogP contribution in [0.1, 0.15) is 64.2 Å². The van der Waals surface area contributed by atoms with Crippen molar-refractivity contribution < 1.29 is 0 Å². The van der Waals surface area contributed by atoms with Crippen molar-refractivity contribution >= 4 is 44.0 Å². The van der Waals surface area contributed by atoms with Gasteiger partial charge in [-0.15, -0.1) is 0 Å². The topological polar surface area (TPSA) is 52.2 Å². The van der Waals surface area contributed by atoms with Gasteiger partial charge in [0.25, 0.3) is 5.56 Å². The van der Waals surface area contributed by atoms with Crippen molar-refractivity contribution in [3.05, 3.63) is 74.4 Å². The van der Waals surface area contributed by atoms with Crippen molar-refractivity contribution in [1.82, 2.24) is 14.2 Å². The predicted molar refractivity (Wildman–Crippen MR) is 137 cm³/mol. The number of benzene rings is 2. The summed E-state index contributed by atoms with van der Waals surface area (Å²) in [5, 5.41) is 6.40. The summed E-state index contributed by atoms with van der Waals surface area (Å²) in [7, 11) is 0. The Morgan fingerprint density at radius 3 is 2.56 bits per heavy atom. The van der Waals surface area contributed by atoms with E-state index in [9.17, 15) is 4.79 Å². The third-order valence-corrected chi connectivity index (χ3v) is 6.51. The second-order valence-corrected chi connectivity index (χ2v) is 10.3. The molecule has 2 aromatic heterocycles. The summed E-state index contributed by atoms with van der Waals surface area (Å²) in [5.74, 6) is 0.636. The second-order valence-electron chi connectivity index (χ2n) is 9.35. The molecule has 0 radical (unpaired) electrons. The van der Waals surface area contributed by atoms with E-state index in [4.69, 9.17) is 10.1 Å². The molecule has 0 spiro atoms. The predicted octanol–water partition coefficient (Wildman–Crippen LogP) is 6.57. The lowest BCUT2D eigenvalue weighted by molar-refractivity contribution is 0.506. The summed E-state index contributed by atoms with van der Waals surface area (Å²) in [5.41, 5.74) is 3.52. The van der Waals surface area contributed by atoms with Gasteiger partial charge in [0.15, 0.2) is 0 Å². The maximum Gasteiger partial charge on any atom is 0.282 e. The van der Waals surface area contributed by atoms with Crippen LogP contribution >= 0.6 is 15.9 Å². The molecule has 0 saturated heterocycles. The fraction of sp³-hybridized carbons (Fsp3) is 0.346. The van der Waals surface area contributed by atoms with Gasteiger partial charge in [-0.05, 0) is 44.5 Å². The van der Waals surface area contributed by atoms with Crippen molar-refractivity contribution in [3.63, 3.8) is 0 Å². The second kappa shape index (κ2) is 8.32. The lowest BCUT2D eigenvalue weighted by Crippen LogP contribution is -2.29. The van der Waals surface area contributed by atoms with Gasteiger partial charge in [-0.1, -0.05) is 61.8 Å². The fourth-order valence-corrected chi connectivity index (χ4v) is 4.55. The number of para-hydroxylation sites is 1. The van der Waals surface area contributed by atoms with Crippen LogP contribution in [-0.2, 0) is 5.41 Å². The molecule has 0 unspecified atom stereocenters. The first kappa shape index (κ1) is 22.5. The molecule has 0 N–H and O–H groups in total. The third-order valence-electron chi connectivity index (χ3n) is 6.02. The number of hydrogen-bond donors (Lipinski definition) is 0. The van der Waals surface area contributed by atoms with Gasteiger partial charge < -0.3 is 4.57 Å². The highest BCUT2D eigenvalue weighted by molar-refractivity contribution is 9.10. The van der Waals surface area contributed by atoms with E-state index in [-0.39, 0.29) is 11.0 Å². The minimum Gasteiger partial charge on any atom is -0.341 e. The van der Waals surface area contributed by atoms with Crippen LogP contribution in [0.5, 0.6) is 0 Å². The lowest BCUT2D eigenvalue weighted by atomic mass is 9.95. The Kier molecular flexibility index (Phi) is 5.84. The van der Waals surface area contributed by atoms with E-state index in [1.54, 1.807) is 0 Å². The summed E-state index contributed by atoms with van der Waals surface area (Å²) >= 11 is 3.47. The van der Waals surface area contributed by atoms with Gasteiger partial charge in [-0.3, -0.25) is 4.79 Å². The largest absolute Gasteiger partial charge is 0.341 e. The summed E-state index contributed by atoms with van der Waals surface area (Å²) in [6, 6.07) is 14.3. The lowest BCUT2D eigenvalue weighted by Gasteiger charge is -2.21. The van der Waals surface area contributed by atoms with Crippen LogP contribution in [0.25, 0.3) is 21.8 Å². The van der Waals surface area contributed by atoms with E-state index in [1.807, 2.05) is 51.3 Å². The summed E-state index contributed by atoms with van der Waals surface area (Å²) < 4.78 is 4.67. The SMILES string of the molecule is CC[C@@H](C)n1c(C)c(C=Nn2c(C(C)(C)C)nc3ccc(Br)cc3c2=O)c2ccccc21. The molecule has 0 saturated carbocycles. The molecule has 0 fully saturated rings. The first-order valence-electron chi connectivity index (χ1n) is 11.0. The Labute approximate surface area is 196 Å². The van der Waals surface area contributed by atoms with Crippen LogP contribution in [0.4, 0.5) is 0 Å². The quantitative estimate of drug-likeness (QED) is 0.302. The molecule has 166 valence electrons. The molecule has 2 aromatic carbocycles. The maximum atomic E-state index is 13.5. The van der Waals surface area contributed by atoms with Gasteiger partial charge in [0.2, 0.25) is 0 Å². The minimum atomic E-state index is -0.350. The van der Waals surface area contributed by atoms with Gasteiger partial charge in [-0.2, -0.15) is 9.78 Å². The third kappa shape index (κ3) is 3.81. The number of nitrogens with zero attached hydrogens (tertiary/aromatic N) is 4. The van der Waals surface area contributed by atoms with Crippen LogP contribution in [0, 0.1) is 6.92 Å². The molecule has 6 heteroatoms. The number of fused-ring (bicyclic) bond motifs is 2.